The molecule has 0 amide bonds. The lowest BCUT2D eigenvalue weighted by atomic mass is 10.4. The van der Waals surface area contributed by atoms with Crippen molar-refractivity contribution in [3.05, 3.63) is 0 Å². The fraction of sp³-hybridized carbons (Fsp3) is 1.00. The first kappa shape index (κ1) is 11.1. The van der Waals surface area contributed by atoms with Gasteiger partial charge in [0.1, 0.15) is 0 Å². The Bertz CT molecular complexity index is 97.8. The van der Waals surface area contributed by atoms with Crippen molar-refractivity contribution < 1.29 is 13.3 Å². The van der Waals surface area contributed by atoms with Crippen molar-refractivity contribution in [1.29, 1.82) is 0 Å². The maximum absolute atomic E-state index is 5.61. The Kier molecular flexibility index (Phi) is 5.70. The second-order valence-electron chi connectivity index (χ2n) is 2.21. The van der Waals surface area contributed by atoms with Gasteiger partial charge in [-0.1, -0.05) is 13.3 Å². The molecule has 0 fully saturated rings. The second kappa shape index (κ2) is 5.67. The molecule has 0 rings (SSSR count). The first-order valence-corrected chi connectivity index (χ1v) is 5.52. The highest BCUT2D eigenvalue weighted by molar-refractivity contribution is 6.56. The monoisotopic (exact) mass is 179 g/mol. The molecule has 68 valence electrons. The highest BCUT2D eigenvalue weighted by Gasteiger charge is 2.33. The molecule has 2 N–H and O–H groups in total. The van der Waals surface area contributed by atoms with Crippen molar-refractivity contribution in [2.45, 2.75) is 19.8 Å². The van der Waals surface area contributed by atoms with Crippen molar-refractivity contribution in [1.82, 2.24) is 0 Å². The van der Waals surface area contributed by atoms with E-state index in [9.17, 15) is 0 Å². The van der Waals surface area contributed by atoms with Crippen molar-refractivity contribution in [3.63, 3.8) is 0 Å². The highest BCUT2D eigenvalue weighted by Crippen LogP contribution is 2.00. The topological polar surface area (TPSA) is 53.7 Å². The van der Waals surface area contributed by atoms with Gasteiger partial charge in [-0.25, -0.2) is 0 Å². The van der Waals surface area contributed by atoms with Crippen molar-refractivity contribution >= 4 is 8.97 Å². The molecule has 0 saturated carbocycles. The first-order chi connectivity index (χ1) is 5.18. The summed E-state index contributed by atoms with van der Waals surface area (Å²) in [6, 6.07) is 0. The first-order valence-electron chi connectivity index (χ1n) is 3.71. The third-order valence-corrected chi connectivity index (χ3v) is 3.11. The summed E-state index contributed by atoms with van der Waals surface area (Å²) in [6.07, 6.45) is 2.07. The van der Waals surface area contributed by atoms with Crippen LogP contribution in [0.5, 0.6) is 0 Å². The number of unbranched alkanes of at least 4 members (excludes halogenated alkanes) is 1. The Morgan fingerprint density at radius 1 is 1.27 bits per heavy atom. The Labute approximate surface area is 69.1 Å². The predicted molar refractivity (Wildman–Crippen MR) is 44.8 cm³/mol. The minimum atomic E-state index is -2.73. The van der Waals surface area contributed by atoms with Crippen LogP contribution in [-0.2, 0) is 13.3 Å². The third-order valence-electron chi connectivity index (χ3n) is 1.37. The Morgan fingerprint density at radius 2 is 1.82 bits per heavy atom. The molecular weight excluding hydrogens is 162 g/mol. The number of rotatable bonds is 6. The summed E-state index contributed by atoms with van der Waals surface area (Å²) in [6.45, 7) is 2.70. The molecule has 0 atom stereocenters. The molecule has 0 aliphatic heterocycles. The lowest BCUT2D eigenvalue weighted by Gasteiger charge is -2.20. The van der Waals surface area contributed by atoms with Gasteiger partial charge in [0.05, 0.1) is 0 Å². The van der Waals surface area contributed by atoms with E-state index < -0.39 is 8.97 Å². The minimum absolute atomic E-state index is 0.612. The summed E-state index contributed by atoms with van der Waals surface area (Å²) in [5.74, 6) is 0. The summed E-state index contributed by atoms with van der Waals surface area (Å²) in [4.78, 5) is 0. The van der Waals surface area contributed by atoms with E-state index in [0.29, 0.717) is 6.61 Å². The van der Waals surface area contributed by atoms with E-state index in [4.69, 9.17) is 18.7 Å². The average Bonchev–Trinajstić information content (AvgIpc) is 2.05. The SMILES string of the molecule is CCCCO[Si](N)(OC)OC. The van der Waals surface area contributed by atoms with Crippen LogP contribution in [0.1, 0.15) is 19.8 Å². The standard InChI is InChI=1S/C6H17NO3Si/c1-4-5-6-10-11(7,8-2)9-3/h4-7H2,1-3H3. The molecule has 0 bridgehead atoms. The lowest BCUT2D eigenvalue weighted by Crippen LogP contribution is -2.54. The van der Waals surface area contributed by atoms with E-state index in [0.717, 1.165) is 12.8 Å². The lowest BCUT2D eigenvalue weighted by molar-refractivity contribution is 0.0980. The average molecular weight is 179 g/mol. The van der Waals surface area contributed by atoms with Gasteiger partial charge >= 0.3 is 8.97 Å². The second-order valence-corrected chi connectivity index (χ2v) is 4.53. The van der Waals surface area contributed by atoms with E-state index in [1.165, 1.54) is 14.2 Å². The Balaban J connectivity index is 3.51. The predicted octanol–water partition coefficient (Wildman–Crippen LogP) is 0.490. The largest absolute Gasteiger partial charge is 0.593 e. The van der Waals surface area contributed by atoms with Gasteiger partial charge in [0, 0.05) is 20.8 Å². The molecule has 0 heterocycles. The molecule has 0 aromatic heterocycles. The van der Waals surface area contributed by atoms with Gasteiger partial charge in [0.15, 0.2) is 0 Å². The van der Waals surface area contributed by atoms with Gasteiger partial charge in [-0.15, -0.1) is 0 Å². The molecule has 0 spiro atoms. The summed E-state index contributed by atoms with van der Waals surface area (Å²) >= 11 is 0. The number of hydrogen-bond acceptors (Lipinski definition) is 4. The molecule has 4 nitrogen and oxygen atoms in total. The molecule has 0 aliphatic carbocycles. The van der Waals surface area contributed by atoms with Crippen molar-refractivity contribution in [2.75, 3.05) is 20.8 Å². The van der Waals surface area contributed by atoms with Crippen LogP contribution in [0.3, 0.4) is 0 Å². The summed E-state index contributed by atoms with van der Waals surface area (Å²) in [5.41, 5.74) is 0. The zero-order valence-corrected chi connectivity index (χ0v) is 8.42. The van der Waals surface area contributed by atoms with Crippen LogP contribution >= 0.6 is 0 Å². The van der Waals surface area contributed by atoms with Gasteiger partial charge in [0.25, 0.3) is 0 Å². The highest BCUT2D eigenvalue weighted by atomic mass is 28.4. The third kappa shape index (κ3) is 4.49. The van der Waals surface area contributed by atoms with Gasteiger partial charge < -0.3 is 13.3 Å². The van der Waals surface area contributed by atoms with Crippen LogP contribution in [0.4, 0.5) is 0 Å². The zero-order valence-electron chi connectivity index (χ0n) is 7.42. The molecule has 5 heteroatoms. The smallest absolute Gasteiger partial charge is 0.365 e. The van der Waals surface area contributed by atoms with E-state index in [1.807, 2.05) is 0 Å². The van der Waals surface area contributed by atoms with E-state index >= 15 is 0 Å². The van der Waals surface area contributed by atoms with Crippen LogP contribution < -0.4 is 5.40 Å². The molecule has 0 aromatic carbocycles. The molecule has 0 unspecified atom stereocenters. The van der Waals surface area contributed by atoms with Crippen LogP contribution in [0.2, 0.25) is 0 Å². The summed E-state index contributed by atoms with van der Waals surface area (Å²) in [7, 11) is 0.269. The summed E-state index contributed by atoms with van der Waals surface area (Å²) in [5, 5.41) is 5.61. The molecule has 0 radical (unpaired) electrons. The van der Waals surface area contributed by atoms with Crippen LogP contribution in [0.25, 0.3) is 0 Å². The quantitative estimate of drug-likeness (QED) is 0.476. The Morgan fingerprint density at radius 3 is 2.18 bits per heavy atom. The number of nitrogens with two attached hydrogens (primary N) is 1. The van der Waals surface area contributed by atoms with Gasteiger partial charge in [-0.2, -0.15) is 0 Å². The minimum Gasteiger partial charge on any atom is -0.365 e. The fourth-order valence-corrected chi connectivity index (χ4v) is 1.39. The molecule has 0 saturated heterocycles. The normalized spacial score (nSPS) is 12.0. The maximum Gasteiger partial charge on any atom is 0.593 e. The zero-order chi connectivity index (χ0) is 8.74. The van der Waals surface area contributed by atoms with Crippen molar-refractivity contribution in [2.24, 2.45) is 5.40 Å². The van der Waals surface area contributed by atoms with Gasteiger partial charge in [-0.3, -0.25) is 5.40 Å². The van der Waals surface area contributed by atoms with Crippen LogP contribution in [-0.4, -0.2) is 29.8 Å². The Hall–Kier alpha value is 0.0569. The van der Waals surface area contributed by atoms with Crippen LogP contribution in [0.15, 0.2) is 0 Å². The van der Waals surface area contributed by atoms with E-state index in [2.05, 4.69) is 6.92 Å². The summed E-state index contributed by atoms with van der Waals surface area (Å²) < 4.78 is 15.1. The molecule has 11 heavy (non-hydrogen) atoms. The molecule has 0 aliphatic rings. The van der Waals surface area contributed by atoms with E-state index in [1.54, 1.807) is 0 Å². The molecular formula is C6H17NO3Si. The van der Waals surface area contributed by atoms with Crippen LogP contribution in [0, 0.1) is 0 Å². The molecule has 0 aromatic rings. The maximum atomic E-state index is 5.61. The van der Waals surface area contributed by atoms with E-state index in [-0.39, 0.29) is 0 Å². The fourth-order valence-electron chi connectivity index (χ4n) is 0.560. The van der Waals surface area contributed by atoms with Crippen molar-refractivity contribution in [3.8, 4) is 0 Å². The number of hydrogen-bond donors (Lipinski definition) is 1. The van der Waals surface area contributed by atoms with Gasteiger partial charge in [-0.05, 0) is 6.42 Å². The van der Waals surface area contributed by atoms with Gasteiger partial charge in [0.2, 0.25) is 0 Å².